The van der Waals surface area contributed by atoms with Gasteiger partial charge in [-0.3, -0.25) is 14.5 Å². The summed E-state index contributed by atoms with van der Waals surface area (Å²) in [6, 6.07) is 15.0. The van der Waals surface area contributed by atoms with E-state index in [4.69, 9.17) is 23.4 Å². The van der Waals surface area contributed by atoms with Crippen LogP contribution in [0.25, 0.3) is 11.0 Å². The molecule has 15 heteroatoms. The molecule has 3 amide bonds. The van der Waals surface area contributed by atoms with E-state index in [9.17, 15) is 19.2 Å². The van der Waals surface area contributed by atoms with Crippen LogP contribution in [0.4, 0.5) is 4.79 Å². The average molecular weight is 705 g/mol. The van der Waals surface area contributed by atoms with Crippen LogP contribution >= 0.6 is 0 Å². The summed E-state index contributed by atoms with van der Waals surface area (Å²) in [5, 5.41) is 12.0. The molecule has 1 fully saturated rings. The van der Waals surface area contributed by atoms with Crippen molar-refractivity contribution in [2.45, 2.75) is 38.8 Å². The van der Waals surface area contributed by atoms with E-state index < -0.39 is 17.8 Å². The van der Waals surface area contributed by atoms with Gasteiger partial charge in [0, 0.05) is 69.8 Å². The number of methoxy groups -OCH3 is 1. The zero-order chi connectivity index (χ0) is 36.0. The first kappa shape index (κ1) is 37.1. The second-order valence-corrected chi connectivity index (χ2v) is 12.1. The lowest BCUT2D eigenvalue weighted by atomic mass is 10.1. The number of piperazine rings is 1. The van der Waals surface area contributed by atoms with Crippen LogP contribution in [0.5, 0.6) is 5.75 Å². The summed E-state index contributed by atoms with van der Waals surface area (Å²) in [4.78, 5) is 54.8. The summed E-state index contributed by atoms with van der Waals surface area (Å²) in [7, 11) is 1.62. The van der Waals surface area contributed by atoms with Crippen molar-refractivity contribution in [3.63, 3.8) is 0 Å². The lowest BCUT2D eigenvalue weighted by molar-refractivity contribution is -0.133. The lowest BCUT2D eigenvalue weighted by Crippen LogP contribution is -2.60. The monoisotopic (exact) mass is 704 g/mol. The second kappa shape index (κ2) is 18.8. The molecule has 1 aliphatic heterocycles. The molecular weight excluding hydrogens is 660 g/mol. The zero-order valence-electron chi connectivity index (χ0n) is 29.0. The third-order valence-corrected chi connectivity index (χ3v) is 8.39. The van der Waals surface area contributed by atoms with E-state index in [0.717, 1.165) is 16.5 Å². The molecule has 0 bridgehead atoms. The highest BCUT2D eigenvalue weighted by Gasteiger charge is 2.34. The minimum atomic E-state index is -0.641. The number of benzene rings is 2. The highest BCUT2D eigenvalue weighted by atomic mass is 16.6. The molecule has 1 unspecified atom stereocenters. The lowest BCUT2D eigenvalue weighted by Gasteiger charge is -2.40. The normalized spacial score (nSPS) is 14.5. The van der Waals surface area contributed by atoms with Gasteiger partial charge in [-0.25, -0.2) is 14.3 Å². The maximum atomic E-state index is 13.5. The largest absolute Gasteiger partial charge is 0.423 e. The van der Waals surface area contributed by atoms with Crippen molar-refractivity contribution in [2.75, 3.05) is 66.3 Å². The standard InChI is InChI=1S/C36H44N6O9/c1-26-20-35(45)51-32-22-30(9-10-31(26)32)50-36(46)42-13-12-40(25-29(42)23-37-33(43)21-27-6-4-3-5-7-27)34(44)11-8-28-24-41(39-38-28)14-15-48-18-19-49-17-16-47-2/h3-7,9-10,20,22,24,29H,8,11-19,21,23,25H2,1-2H3,(H,37,43). The molecule has 1 atom stereocenters. The molecule has 1 saturated heterocycles. The number of carbonyl (C=O) groups is 3. The predicted molar refractivity (Wildman–Crippen MR) is 185 cm³/mol. The Balaban J connectivity index is 1.16. The number of nitrogens with zero attached hydrogens (tertiary/aromatic N) is 5. The van der Waals surface area contributed by atoms with Gasteiger partial charge in [0.25, 0.3) is 0 Å². The van der Waals surface area contributed by atoms with Gasteiger partial charge in [0.05, 0.1) is 57.7 Å². The Bertz CT molecular complexity index is 1810. The first-order valence-corrected chi connectivity index (χ1v) is 16.9. The van der Waals surface area contributed by atoms with E-state index in [1.54, 1.807) is 41.9 Å². The van der Waals surface area contributed by atoms with Gasteiger partial charge >= 0.3 is 11.7 Å². The minimum Gasteiger partial charge on any atom is -0.423 e. The molecule has 0 spiro atoms. The van der Waals surface area contributed by atoms with Crippen LogP contribution in [0, 0.1) is 6.92 Å². The summed E-state index contributed by atoms with van der Waals surface area (Å²) in [6.45, 7) is 5.56. The molecule has 2 aromatic heterocycles. The van der Waals surface area contributed by atoms with Crippen LogP contribution in [0.1, 0.15) is 23.2 Å². The quantitative estimate of drug-likeness (QED) is 0.127. The molecule has 51 heavy (non-hydrogen) atoms. The predicted octanol–water partition coefficient (Wildman–Crippen LogP) is 2.38. The fourth-order valence-corrected chi connectivity index (χ4v) is 5.68. The number of hydrogen-bond acceptors (Lipinski definition) is 11. The smallest absolute Gasteiger partial charge is 0.415 e. The molecule has 0 saturated carbocycles. The van der Waals surface area contributed by atoms with Gasteiger partial charge in [-0.2, -0.15) is 0 Å². The van der Waals surface area contributed by atoms with E-state index in [2.05, 4.69) is 15.6 Å². The van der Waals surface area contributed by atoms with E-state index in [1.165, 1.54) is 17.0 Å². The molecule has 3 heterocycles. The topological polar surface area (TPSA) is 168 Å². The Labute approximate surface area is 295 Å². The summed E-state index contributed by atoms with van der Waals surface area (Å²) in [5.74, 6) is -0.102. The average Bonchev–Trinajstić information content (AvgIpc) is 3.58. The molecule has 1 N–H and O–H groups in total. The van der Waals surface area contributed by atoms with E-state index in [-0.39, 0.29) is 56.6 Å². The number of aromatic nitrogens is 3. The molecule has 4 aromatic rings. The van der Waals surface area contributed by atoms with Gasteiger partial charge < -0.3 is 33.6 Å². The highest BCUT2D eigenvalue weighted by molar-refractivity contribution is 5.83. The van der Waals surface area contributed by atoms with Crippen molar-refractivity contribution in [2.24, 2.45) is 0 Å². The number of rotatable bonds is 17. The van der Waals surface area contributed by atoms with E-state index >= 15 is 0 Å². The molecule has 0 radical (unpaired) electrons. The van der Waals surface area contributed by atoms with E-state index in [1.807, 2.05) is 30.3 Å². The zero-order valence-corrected chi connectivity index (χ0v) is 29.0. The number of aryl methyl sites for hydroxylation is 2. The number of nitrogens with one attached hydrogen (secondary N) is 1. The van der Waals surface area contributed by atoms with Gasteiger partial charge in [0.1, 0.15) is 11.3 Å². The number of fused-ring (bicyclic) bond motifs is 1. The SMILES string of the molecule is COCCOCCOCCn1cc(CCC(=O)N2CCN(C(=O)Oc3ccc4c(C)cc(=O)oc4c3)C(CNC(=O)Cc3ccccc3)C2)nn1. The van der Waals surface area contributed by atoms with Crippen LogP contribution in [0.2, 0.25) is 0 Å². The number of ether oxygens (including phenoxy) is 4. The van der Waals surface area contributed by atoms with Crippen LogP contribution in [0.15, 0.2) is 70.0 Å². The second-order valence-electron chi connectivity index (χ2n) is 12.1. The number of hydrogen-bond donors (Lipinski definition) is 1. The third kappa shape index (κ3) is 11.2. The first-order chi connectivity index (χ1) is 24.8. The molecular formula is C36H44N6O9. The highest BCUT2D eigenvalue weighted by Crippen LogP contribution is 2.23. The Morgan fingerprint density at radius 3 is 2.57 bits per heavy atom. The van der Waals surface area contributed by atoms with Gasteiger partial charge in [0.15, 0.2) is 0 Å². The summed E-state index contributed by atoms with van der Waals surface area (Å²) < 4.78 is 28.6. The maximum Gasteiger partial charge on any atom is 0.415 e. The number of carbonyl (C=O) groups excluding carboxylic acids is 3. The third-order valence-electron chi connectivity index (χ3n) is 8.39. The molecule has 5 rings (SSSR count). The molecule has 1 aliphatic rings. The molecule has 0 aliphatic carbocycles. The fourth-order valence-electron chi connectivity index (χ4n) is 5.68. The van der Waals surface area contributed by atoms with Crippen molar-refractivity contribution < 1.29 is 37.7 Å². The van der Waals surface area contributed by atoms with Crippen molar-refractivity contribution in [3.8, 4) is 5.75 Å². The number of amides is 3. The van der Waals surface area contributed by atoms with Crippen molar-refractivity contribution in [3.05, 3.63) is 88.0 Å². The van der Waals surface area contributed by atoms with Gasteiger partial charge in [0.2, 0.25) is 11.8 Å². The van der Waals surface area contributed by atoms with Crippen LogP contribution in [-0.4, -0.2) is 115 Å². The van der Waals surface area contributed by atoms with Crippen molar-refractivity contribution in [1.29, 1.82) is 0 Å². The summed E-state index contributed by atoms with van der Waals surface area (Å²) >= 11 is 0. The Morgan fingerprint density at radius 2 is 1.76 bits per heavy atom. The fraction of sp³-hybridized carbons (Fsp3) is 0.444. The van der Waals surface area contributed by atoms with Crippen molar-refractivity contribution in [1.82, 2.24) is 30.1 Å². The molecule has 2 aromatic carbocycles. The molecule has 15 nitrogen and oxygen atoms in total. The maximum absolute atomic E-state index is 13.5. The van der Waals surface area contributed by atoms with Gasteiger partial charge in [-0.15, -0.1) is 5.10 Å². The van der Waals surface area contributed by atoms with Gasteiger partial charge in [-0.1, -0.05) is 35.5 Å². The Kier molecular flexibility index (Phi) is 13.7. The van der Waals surface area contributed by atoms with Crippen molar-refractivity contribution >= 4 is 28.9 Å². The summed E-state index contributed by atoms with van der Waals surface area (Å²) in [6.07, 6.45) is 1.93. The van der Waals surface area contributed by atoms with E-state index in [0.29, 0.717) is 57.3 Å². The minimum absolute atomic E-state index is 0.102. The Morgan fingerprint density at radius 1 is 0.980 bits per heavy atom. The first-order valence-electron chi connectivity index (χ1n) is 16.9. The Hall–Kier alpha value is -5.12. The summed E-state index contributed by atoms with van der Waals surface area (Å²) in [5.41, 5.74) is 2.09. The van der Waals surface area contributed by atoms with Gasteiger partial charge in [-0.05, 0) is 30.2 Å². The van der Waals surface area contributed by atoms with Crippen LogP contribution < -0.4 is 15.7 Å². The van der Waals surface area contributed by atoms with Crippen LogP contribution in [-0.2, 0) is 43.2 Å². The molecule has 272 valence electrons. The van der Waals surface area contributed by atoms with Crippen LogP contribution in [0.3, 0.4) is 0 Å².